The lowest BCUT2D eigenvalue weighted by molar-refractivity contribution is -0.137. The predicted molar refractivity (Wildman–Crippen MR) is 88.8 cm³/mol. The lowest BCUT2D eigenvalue weighted by Crippen LogP contribution is -2.47. The van der Waals surface area contributed by atoms with Crippen LogP contribution in [0.2, 0.25) is 0 Å². The number of carbonyl (C=O) groups excluding carboxylic acids is 1. The molecule has 0 saturated carbocycles. The number of rotatable bonds is 3. The molecule has 1 aromatic carbocycles. The zero-order valence-electron chi connectivity index (χ0n) is 14.0. The summed E-state index contributed by atoms with van der Waals surface area (Å²) in [5.41, 5.74) is 6.12. The van der Waals surface area contributed by atoms with Gasteiger partial charge >= 0.3 is 0 Å². The highest BCUT2D eigenvalue weighted by molar-refractivity contribution is 5.87. The largest absolute Gasteiger partial charge is 0.486 e. The van der Waals surface area contributed by atoms with Gasteiger partial charge in [-0.1, -0.05) is 6.07 Å². The van der Waals surface area contributed by atoms with Crippen LogP contribution in [0.25, 0.3) is 0 Å². The molecule has 1 aromatic rings. The molecule has 0 aliphatic carbocycles. The summed E-state index contributed by atoms with van der Waals surface area (Å²) in [5.74, 6) is 2.21. The van der Waals surface area contributed by atoms with Crippen molar-refractivity contribution < 1.29 is 14.3 Å². The van der Waals surface area contributed by atoms with Gasteiger partial charge in [-0.2, -0.15) is 0 Å². The molecule has 0 radical (unpaired) electrons. The van der Waals surface area contributed by atoms with E-state index < -0.39 is 5.41 Å². The predicted octanol–water partition coefficient (Wildman–Crippen LogP) is 1.93. The maximum absolute atomic E-state index is 13.0. The fraction of sp³-hybridized carbons (Fsp3) is 0.611. The van der Waals surface area contributed by atoms with Crippen molar-refractivity contribution in [3.63, 3.8) is 0 Å². The third-order valence-corrected chi connectivity index (χ3v) is 5.03. The van der Waals surface area contributed by atoms with Crippen LogP contribution in [0.15, 0.2) is 18.2 Å². The van der Waals surface area contributed by atoms with E-state index in [1.54, 1.807) is 0 Å². The van der Waals surface area contributed by atoms with E-state index in [1.165, 1.54) is 0 Å². The Morgan fingerprint density at radius 3 is 2.52 bits per heavy atom. The summed E-state index contributed by atoms with van der Waals surface area (Å²) in [4.78, 5) is 15.0. The summed E-state index contributed by atoms with van der Waals surface area (Å²) in [6, 6.07) is 5.82. The van der Waals surface area contributed by atoms with E-state index >= 15 is 0 Å². The van der Waals surface area contributed by atoms with Crippen molar-refractivity contribution in [2.45, 2.75) is 32.1 Å². The Balaban J connectivity index is 1.76. The van der Waals surface area contributed by atoms with Crippen molar-refractivity contribution in [2.24, 2.45) is 11.7 Å². The minimum Gasteiger partial charge on any atom is -0.486 e. The molecular weight excluding hydrogens is 292 g/mol. The molecule has 5 heteroatoms. The van der Waals surface area contributed by atoms with E-state index in [9.17, 15) is 4.79 Å². The van der Waals surface area contributed by atoms with Gasteiger partial charge < -0.3 is 20.1 Å². The second-order valence-corrected chi connectivity index (χ2v) is 6.95. The molecular formula is C18H26N2O3. The van der Waals surface area contributed by atoms with Crippen molar-refractivity contribution in [2.75, 3.05) is 32.8 Å². The maximum atomic E-state index is 13.0. The van der Waals surface area contributed by atoms with Gasteiger partial charge in [0, 0.05) is 13.1 Å². The maximum Gasteiger partial charge on any atom is 0.232 e. The Labute approximate surface area is 137 Å². The Hall–Kier alpha value is -1.75. The first kappa shape index (κ1) is 16.1. The molecule has 126 valence electrons. The molecule has 23 heavy (non-hydrogen) atoms. The molecule has 0 unspecified atom stereocenters. The van der Waals surface area contributed by atoms with Crippen molar-refractivity contribution in [1.82, 2.24) is 4.90 Å². The summed E-state index contributed by atoms with van der Waals surface area (Å²) < 4.78 is 11.2. The molecule has 5 nitrogen and oxygen atoms in total. The second kappa shape index (κ2) is 6.40. The summed E-state index contributed by atoms with van der Waals surface area (Å²) >= 11 is 0. The minimum atomic E-state index is -0.578. The number of hydrogen-bond acceptors (Lipinski definition) is 4. The van der Waals surface area contributed by atoms with E-state index in [-0.39, 0.29) is 5.91 Å². The number of piperidine rings is 1. The average molecular weight is 318 g/mol. The molecule has 2 N–H and O–H groups in total. The fourth-order valence-electron chi connectivity index (χ4n) is 3.32. The Bertz CT molecular complexity index is 578. The molecule has 2 aliphatic rings. The number of carbonyl (C=O) groups is 1. The quantitative estimate of drug-likeness (QED) is 0.925. The van der Waals surface area contributed by atoms with Crippen molar-refractivity contribution >= 4 is 5.91 Å². The fourth-order valence-corrected chi connectivity index (χ4v) is 3.32. The SMILES string of the molecule is CC(C)(C(=O)N1CCC(CN)CC1)c1ccc2c(c1)OCCO2. The van der Waals surface area contributed by atoms with Gasteiger partial charge in [-0.05, 0) is 56.8 Å². The molecule has 3 rings (SSSR count). The van der Waals surface area contributed by atoms with E-state index in [2.05, 4.69) is 0 Å². The van der Waals surface area contributed by atoms with Gasteiger partial charge in [-0.25, -0.2) is 0 Å². The molecule has 0 bridgehead atoms. The average Bonchev–Trinajstić information content (AvgIpc) is 2.60. The second-order valence-electron chi connectivity index (χ2n) is 6.95. The third-order valence-electron chi connectivity index (χ3n) is 5.03. The highest BCUT2D eigenvalue weighted by Crippen LogP contribution is 2.36. The van der Waals surface area contributed by atoms with E-state index in [1.807, 2.05) is 36.9 Å². The molecule has 2 heterocycles. The van der Waals surface area contributed by atoms with Crippen molar-refractivity contribution in [3.8, 4) is 11.5 Å². The zero-order valence-corrected chi connectivity index (χ0v) is 14.0. The number of amides is 1. The number of nitrogens with zero attached hydrogens (tertiary/aromatic N) is 1. The van der Waals surface area contributed by atoms with E-state index in [4.69, 9.17) is 15.2 Å². The number of fused-ring (bicyclic) bond motifs is 1. The van der Waals surface area contributed by atoms with Crippen LogP contribution >= 0.6 is 0 Å². The number of hydrogen-bond donors (Lipinski definition) is 1. The number of benzene rings is 1. The van der Waals surface area contributed by atoms with E-state index in [0.717, 1.165) is 43.0 Å². The summed E-state index contributed by atoms with van der Waals surface area (Å²) in [6.45, 7) is 7.41. The zero-order chi connectivity index (χ0) is 16.4. The minimum absolute atomic E-state index is 0.171. The smallest absolute Gasteiger partial charge is 0.232 e. The first-order chi connectivity index (χ1) is 11.0. The normalized spacial score (nSPS) is 18.8. The lowest BCUT2D eigenvalue weighted by atomic mass is 9.82. The van der Waals surface area contributed by atoms with Crippen LogP contribution < -0.4 is 15.2 Å². The Morgan fingerprint density at radius 1 is 1.22 bits per heavy atom. The van der Waals surface area contributed by atoms with Crippen LogP contribution in [-0.2, 0) is 10.2 Å². The molecule has 1 fully saturated rings. The first-order valence-corrected chi connectivity index (χ1v) is 8.42. The molecule has 2 aliphatic heterocycles. The summed E-state index contributed by atoms with van der Waals surface area (Å²) in [5, 5.41) is 0. The van der Waals surface area contributed by atoms with Crippen LogP contribution in [0.1, 0.15) is 32.3 Å². The van der Waals surface area contributed by atoms with Gasteiger partial charge in [0.25, 0.3) is 0 Å². The topological polar surface area (TPSA) is 64.8 Å². The standard InChI is InChI=1S/C18H26N2O3/c1-18(2,17(21)20-7-5-13(12-19)6-8-20)14-3-4-15-16(11-14)23-10-9-22-15/h3-4,11,13H,5-10,12,19H2,1-2H3. The summed E-state index contributed by atoms with van der Waals surface area (Å²) in [6.07, 6.45) is 2.00. The third kappa shape index (κ3) is 3.15. The Morgan fingerprint density at radius 2 is 1.87 bits per heavy atom. The molecule has 0 aromatic heterocycles. The molecule has 0 atom stereocenters. The number of ether oxygens (including phenoxy) is 2. The molecule has 1 amide bonds. The van der Waals surface area contributed by atoms with Crippen molar-refractivity contribution in [3.05, 3.63) is 23.8 Å². The van der Waals surface area contributed by atoms with E-state index in [0.29, 0.717) is 25.7 Å². The Kier molecular flexibility index (Phi) is 4.48. The first-order valence-electron chi connectivity index (χ1n) is 8.42. The van der Waals surface area contributed by atoms with Crippen LogP contribution in [0.4, 0.5) is 0 Å². The van der Waals surface area contributed by atoms with Gasteiger partial charge in [0.2, 0.25) is 5.91 Å². The molecule has 0 spiro atoms. The van der Waals surface area contributed by atoms with Crippen LogP contribution in [-0.4, -0.2) is 43.7 Å². The van der Waals surface area contributed by atoms with Crippen LogP contribution in [0, 0.1) is 5.92 Å². The molecule has 1 saturated heterocycles. The van der Waals surface area contributed by atoms with Gasteiger partial charge in [-0.3, -0.25) is 4.79 Å². The van der Waals surface area contributed by atoms with Gasteiger partial charge in [-0.15, -0.1) is 0 Å². The van der Waals surface area contributed by atoms with Gasteiger partial charge in [0.1, 0.15) is 13.2 Å². The van der Waals surface area contributed by atoms with Gasteiger partial charge in [0.05, 0.1) is 5.41 Å². The lowest BCUT2D eigenvalue weighted by Gasteiger charge is -2.37. The van der Waals surface area contributed by atoms with Gasteiger partial charge in [0.15, 0.2) is 11.5 Å². The monoisotopic (exact) mass is 318 g/mol. The number of likely N-dealkylation sites (tertiary alicyclic amines) is 1. The number of nitrogens with two attached hydrogens (primary N) is 1. The van der Waals surface area contributed by atoms with Crippen LogP contribution in [0.5, 0.6) is 11.5 Å². The van der Waals surface area contributed by atoms with Crippen LogP contribution in [0.3, 0.4) is 0 Å². The highest BCUT2D eigenvalue weighted by Gasteiger charge is 2.36. The van der Waals surface area contributed by atoms with Crippen molar-refractivity contribution in [1.29, 1.82) is 0 Å². The summed E-state index contributed by atoms with van der Waals surface area (Å²) in [7, 11) is 0. The highest BCUT2D eigenvalue weighted by atomic mass is 16.6.